The fraction of sp³-hybridized carbons (Fsp3) is 0.200. The lowest BCUT2D eigenvalue weighted by Crippen LogP contribution is -2.23. The minimum absolute atomic E-state index is 0.135. The standard InChI is InChI=1S/C15H14F3N3O2/c1-21-8-11(15(16,17)18)6-12(14(21)23)20-7-9-2-4-10(5-3-9)13(19)22/h2-6,8,20H,7H2,1H3,(H2,19,22). The van der Waals surface area contributed by atoms with Crippen LogP contribution >= 0.6 is 0 Å². The van der Waals surface area contributed by atoms with Crippen LogP contribution in [0.15, 0.2) is 41.3 Å². The van der Waals surface area contributed by atoms with E-state index < -0.39 is 23.2 Å². The normalized spacial score (nSPS) is 11.3. The van der Waals surface area contributed by atoms with Gasteiger partial charge in [-0.2, -0.15) is 13.2 Å². The molecule has 0 radical (unpaired) electrons. The first-order valence-corrected chi connectivity index (χ1v) is 6.59. The van der Waals surface area contributed by atoms with Gasteiger partial charge in [0.1, 0.15) is 5.69 Å². The van der Waals surface area contributed by atoms with Gasteiger partial charge < -0.3 is 15.6 Å². The van der Waals surface area contributed by atoms with E-state index >= 15 is 0 Å². The summed E-state index contributed by atoms with van der Waals surface area (Å²) in [5, 5.41) is 2.68. The van der Waals surface area contributed by atoms with Crippen LogP contribution < -0.4 is 16.6 Å². The molecule has 2 rings (SSSR count). The van der Waals surface area contributed by atoms with Crippen molar-refractivity contribution in [3.8, 4) is 0 Å². The molecule has 0 atom stereocenters. The minimum atomic E-state index is -4.54. The zero-order valence-corrected chi connectivity index (χ0v) is 12.1. The Labute approximate surface area is 129 Å². The molecular formula is C15H14F3N3O2. The van der Waals surface area contributed by atoms with Crippen molar-refractivity contribution >= 4 is 11.6 Å². The van der Waals surface area contributed by atoms with Crippen molar-refractivity contribution in [2.24, 2.45) is 12.8 Å². The molecule has 2 aromatic rings. The number of nitrogens with one attached hydrogen (secondary N) is 1. The van der Waals surface area contributed by atoms with Gasteiger partial charge in [0.05, 0.1) is 5.56 Å². The lowest BCUT2D eigenvalue weighted by Gasteiger charge is -2.12. The van der Waals surface area contributed by atoms with Crippen LogP contribution in [0.2, 0.25) is 0 Å². The number of rotatable bonds is 4. The van der Waals surface area contributed by atoms with E-state index in [-0.39, 0.29) is 12.2 Å². The van der Waals surface area contributed by atoms with Crippen molar-refractivity contribution in [3.63, 3.8) is 0 Å². The molecule has 0 spiro atoms. The summed E-state index contributed by atoms with van der Waals surface area (Å²) in [7, 11) is 1.25. The Morgan fingerprint density at radius 1 is 1.26 bits per heavy atom. The average Bonchev–Trinajstić information content (AvgIpc) is 2.48. The minimum Gasteiger partial charge on any atom is -0.376 e. The van der Waals surface area contributed by atoms with Crippen LogP contribution in [0.1, 0.15) is 21.5 Å². The van der Waals surface area contributed by atoms with Crippen LogP contribution in [0.3, 0.4) is 0 Å². The number of anilines is 1. The first-order valence-electron chi connectivity index (χ1n) is 6.59. The highest BCUT2D eigenvalue weighted by atomic mass is 19.4. The van der Waals surface area contributed by atoms with Gasteiger partial charge in [-0.05, 0) is 23.8 Å². The van der Waals surface area contributed by atoms with Gasteiger partial charge in [0.25, 0.3) is 5.56 Å². The summed E-state index contributed by atoms with van der Waals surface area (Å²) >= 11 is 0. The lowest BCUT2D eigenvalue weighted by atomic mass is 10.1. The fourth-order valence-corrected chi connectivity index (χ4v) is 1.98. The summed E-state index contributed by atoms with van der Waals surface area (Å²) in [5.74, 6) is -0.573. The lowest BCUT2D eigenvalue weighted by molar-refractivity contribution is -0.138. The summed E-state index contributed by atoms with van der Waals surface area (Å²) in [6.07, 6.45) is -3.79. The summed E-state index contributed by atoms with van der Waals surface area (Å²) < 4.78 is 39.2. The second-order valence-corrected chi connectivity index (χ2v) is 4.97. The van der Waals surface area contributed by atoms with Gasteiger partial charge in [-0.25, -0.2) is 0 Å². The molecule has 0 aliphatic rings. The van der Waals surface area contributed by atoms with E-state index in [9.17, 15) is 22.8 Å². The fourth-order valence-electron chi connectivity index (χ4n) is 1.98. The Morgan fingerprint density at radius 3 is 2.39 bits per heavy atom. The van der Waals surface area contributed by atoms with Crippen molar-refractivity contribution in [1.82, 2.24) is 4.57 Å². The predicted molar refractivity (Wildman–Crippen MR) is 79.0 cm³/mol. The van der Waals surface area contributed by atoms with Crippen LogP contribution in [0.5, 0.6) is 0 Å². The number of aryl methyl sites for hydroxylation is 1. The highest BCUT2D eigenvalue weighted by molar-refractivity contribution is 5.92. The van der Waals surface area contributed by atoms with Crippen LogP contribution in [0.25, 0.3) is 0 Å². The number of amides is 1. The van der Waals surface area contributed by atoms with E-state index in [0.717, 1.165) is 16.8 Å². The molecule has 23 heavy (non-hydrogen) atoms. The summed E-state index contributed by atoms with van der Waals surface area (Å²) in [5.41, 5.74) is 4.50. The van der Waals surface area contributed by atoms with Gasteiger partial charge in [0.15, 0.2) is 0 Å². The van der Waals surface area contributed by atoms with Crippen molar-refractivity contribution in [2.45, 2.75) is 12.7 Å². The molecule has 0 saturated heterocycles. The third-order valence-corrected chi connectivity index (χ3v) is 3.23. The second-order valence-electron chi connectivity index (χ2n) is 4.97. The Kier molecular flexibility index (Phi) is 4.44. The first-order chi connectivity index (χ1) is 10.7. The highest BCUT2D eigenvalue weighted by Gasteiger charge is 2.31. The number of nitrogens with zero attached hydrogens (tertiary/aromatic N) is 1. The molecule has 3 N–H and O–H groups in total. The van der Waals surface area contributed by atoms with Crippen molar-refractivity contribution < 1.29 is 18.0 Å². The van der Waals surface area contributed by atoms with E-state index in [1.54, 1.807) is 12.1 Å². The van der Waals surface area contributed by atoms with Crippen LogP contribution in [0, 0.1) is 0 Å². The molecule has 0 aliphatic heterocycles. The van der Waals surface area contributed by atoms with Gasteiger partial charge in [-0.1, -0.05) is 12.1 Å². The number of benzene rings is 1. The first kappa shape index (κ1) is 16.6. The number of hydrogen-bond donors (Lipinski definition) is 2. The number of alkyl halides is 3. The molecule has 1 aromatic heterocycles. The van der Waals surface area contributed by atoms with Gasteiger partial charge in [0, 0.05) is 25.4 Å². The third-order valence-electron chi connectivity index (χ3n) is 3.23. The zero-order chi connectivity index (χ0) is 17.2. The van der Waals surface area contributed by atoms with E-state index in [1.807, 2.05) is 0 Å². The molecule has 1 amide bonds. The van der Waals surface area contributed by atoms with E-state index in [1.165, 1.54) is 19.2 Å². The van der Waals surface area contributed by atoms with E-state index in [2.05, 4.69) is 5.32 Å². The Morgan fingerprint density at radius 2 is 1.87 bits per heavy atom. The van der Waals surface area contributed by atoms with Gasteiger partial charge in [0.2, 0.25) is 5.91 Å². The molecule has 0 bridgehead atoms. The number of primary amides is 1. The average molecular weight is 325 g/mol. The van der Waals surface area contributed by atoms with Crippen LogP contribution in [-0.2, 0) is 19.8 Å². The second kappa shape index (κ2) is 6.15. The smallest absolute Gasteiger partial charge is 0.376 e. The number of aromatic nitrogens is 1. The molecule has 122 valence electrons. The summed E-state index contributed by atoms with van der Waals surface area (Å²) in [6, 6.07) is 6.99. The molecular weight excluding hydrogens is 311 g/mol. The predicted octanol–water partition coefficient (Wildman–Crippen LogP) is 2.12. The molecule has 0 aliphatic carbocycles. The molecule has 0 unspecified atom stereocenters. The molecule has 0 fully saturated rings. The number of carbonyl (C=O) groups excluding carboxylic acids is 1. The topological polar surface area (TPSA) is 77.1 Å². The van der Waals surface area contributed by atoms with Gasteiger partial charge in [-0.15, -0.1) is 0 Å². The van der Waals surface area contributed by atoms with Crippen LogP contribution in [-0.4, -0.2) is 10.5 Å². The van der Waals surface area contributed by atoms with Crippen molar-refractivity contribution in [2.75, 3.05) is 5.32 Å². The van der Waals surface area contributed by atoms with Crippen molar-refractivity contribution in [1.29, 1.82) is 0 Å². The Balaban J connectivity index is 2.21. The molecule has 1 heterocycles. The third kappa shape index (κ3) is 3.91. The number of pyridine rings is 1. The number of hydrogen-bond acceptors (Lipinski definition) is 3. The maximum atomic E-state index is 12.8. The SMILES string of the molecule is Cn1cc(C(F)(F)F)cc(NCc2ccc(C(N)=O)cc2)c1=O. The molecule has 8 heteroatoms. The van der Waals surface area contributed by atoms with E-state index in [0.29, 0.717) is 11.1 Å². The maximum Gasteiger partial charge on any atom is 0.417 e. The number of halogens is 3. The molecule has 0 saturated carbocycles. The molecule has 1 aromatic carbocycles. The summed E-state index contributed by atoms with van der Waals surface area (Å²) in [6.45, 7) is 0.135. The molecule has 5 nitrogen and oxygen atoms in total. The zero-order valence-electron chi connectivity index (χ0n) is 12.1. The maximum absolute atomic E-state index is 12.8. The van der Waals surface area contributed by atoms with Crippen molar-refractivity contribution in [3.05, 3.63) is 63.6 Å². The summed E-state index contributed by atoms with van der Waals surface area (Å²) in [4.78, 5) is 22.8. The van der Waals surface area contributed by atoms with Gasteiger partial charge in [-0.3, -0.25) is 9.59 Å². The largest absolute Gasteiger partial charge is 0.417 e. The number of nitrogens with two attached hydrogens (primary N) is 1. The quantitative estimate of drug-likeness (QED) is 0.904. The van der Waals surface area contributed by atoms with E-state index in [4.69, 9.17) is 5.73 Å². The Bertz CT molecular complexity index is 780. The van der Waals surface area contributed by atoms with Gasteiger partial charge >= 0.3 is 6.18 Å². The number of carbonyl (C=O) groups is 1. The van der Waals surface area contributed by atoms with Crippen LogP contribution in [0.4, 0.5) is 18.9 Å². The monoisotopic (exact) mass is 325 g/mol. The Hall–Kier alpha value is -2.77. The highest BCUT2D eigenvalue weighted by Crippen LogP contribution is 2.29.